The highest BCUT2D eigenvalue weighted by Gasteiger charge is 2.02. The van der Waals surface area contributed by atoms with E-state index in [0.717, 1.165) is 11.4 Å². The van der Waals surface area contributed by atoms with Gasteiger partial charge in [0.1, 0.15) is 0 Å². The van der Waals surface area contributed by atoms with Gasteiger partial charge in [0.15, 0.2) is 5.11 Å². The molecule has 0 fully saturated rings. The van der Waals surface area contributed by atoms with E-state index in [9.17, 15) is 0 Å². The van der Waals surface area contributed by atoms with Crippen LogP contribution in [0.2, 0.25) is 0 Å². The van der Waals surface area contributed by atoms with E-state index in [-0.39, 0.29) is 0 Å². The molecule has 0 aliphatic rings. The Morgan fingerprint density at radius 3 is 2.25 bits per heavy atom. The van der Waals surface area contributed by atoms with Gasteiger partial charge in [0.25, 0.3) is 0 Å². The largest absolute Gasteiger partial charge is 0.358 e. The zero-order valence-electron chi connectivity index (χ0n) is 11.9. The maximum Gasteiger partial charge on any atom is 0.229 e. The Hall–Kier alpha value is -2.01. The van der Waals surface area contributed by atoms with Gasteiger partial charge in [-0.25, -0.2) is 9.97 Å². The maximum atomic E-state index is 5.25. The van der Waals surface area contributed by atoms with Gasteiger partial charge in [-0.2, -0.15) is 0 Å². The third-order valence-electron chi connectivity index (χ3n) is 2.78. The highest BCUT2D eigenvalue weighted by Crippen LogP contribution is 2.05. The maximum absolute atomic E-state index is 5.25. The standard InChI is InChI=1S/C15H18N4S/c1-10-4-6-13(7-5-10)9-16-15(20)19-14-17-11(2)8-12(3)18-14/h4-8H,9H2,1-3H3,(H2,16,17,18,19,20). The zero-order valence-corrected chi connectivity index (χ0v) is 12.7. The van der Waals surface area contributed by atoms with Gasteiger partial charge in [-0.1, -0.05) is 29.8 Å². The quantitative estimate of drug-likeness (QED) is 0.850. The zero-order chi connectivity index (χ0) is 14.5. The second-order valence-corrected chi connectivity index (χ2v) is 5.18. The van der Waals surface area contributed by atoms with Gasteiger partial charge < -0.3 is 10.6 Å². The predicted molar refractivity (Wildman–Crippen MR) is 85.7 cm³/mol. The van der Waals surface area contributed by atoms with Crippen LogP contribution in [0.4, 0.5) is 5.95 Å². The molecule has 0 atom stereocenters. The minimum atomic E-state index is 0.524. The molecule has 0 aliphatic heterocycles. The van der Waals surface area contributed by atoms with E-state index in [2.05, 4.69) is 51.8 Å². The molecule has 5 heteroatoms. The molecule has 1 heterocycles. The Morgan fingerprint density at radius 2 is 1.65 bits per heavy atom. The Kier molecular flexibility index (Phi) is 4.63. The lowest BCUT2D eigenvalue weighted by Gasteiger charge is -2.10. The van der Waals surface area contributed by atoms with Crippen molar-refractivity contribution in [3.05, 3.63) is 52.8 Å². The molecule has 0 unspecified atom stereocenters. The summed E-state index contributed by atoms with van der Waals surface area (Å²) in [5.74, 6) is 0.531. The Labute approximate surface area is 124 Å². The molecule has 1 aromatic heterocycles. The first-order valence-electron chi connectivity index (χ1n) is 6.45. The van der Waals surface area contributed by atoms with Gasteiger partial charge in [0, 0.05) is 17.9 Å². The van der Waals surface area contributed by atoms with Crippen molar-refractivity contribution in [3.63, 3.8) is 0 Å². The summed E-state index contributed by atoms with van der Waals surface area (Å²) in [7, 11) is 0. The number of aryl methyl sites for hydroxylation is 3. The minimum absolute atomic E-state index is 0.524. The van der Waals surface area contributed by atoms with Crippen LogP contribution in [-0.2, 0) is 6.54 Å². The summed E-state index contributed by atoms with van der Waals surface area (Å²) < 4.78 is 0. The van der Waals surface area contributed by atoms with Crippen LogP contribution >= 0.6 is 12.2 Å². The van der Waals surface area contributed by atoms with Crippen LogP contribution in [0.1, 0.15) is 22.5 Å². The normalized spacial score (nSPS) is 10.2. The summed E-state index contributed by atoms with van der Waals surface area (Å²) in [5.41, 5.74) is 4.27. The molecule has 0 radical (unpaired) electrons. The number of benzene rings is 1. The Balaban J connectivity index is 1.90. The van der Waals surface area contributed by atoms with Crippen LogP contribution in [0.15, 0.2) is 30.3 Å². The molecule has 0 saturated carbocycles. The summed E-state index contributed by atoms with van der Waals surface area (Å²) >= 11 is 5.25. The number of nitrogens with one attached hydrogen (secondary N) is 2. The fraction of sp³-hybridized carbons (Fsp3) is 0.267. The SMILES string of the molecule is Cc1ccc(CNC(=S)Nc2nc(C)cc(C)n2)cc1. The van der Waals surface area contributed by atoms with Crippen molar-refractivity contribution in [2.45, 2.75) is 27.3 Å². The van der Waals surface area contributed by atoms with Gasteiger partial charge >= 0.3 is 0 Å². The lowest BCUT2D eigenvalue weighted by Crippen LogP contribution is -2.28. The highest BCUT2D eigenvalue weighted by atomic mass is 32.1. The fourth-order valence-electron chi connectivity index (χ4n) is 1.82. The number of rotatable bonds is 3. The van der Waals surface area contributed by atoms with E-state index in [1.54, 1.807) is 0 Å². The van der Waals surface area contributed by atoms with Crippen LogP contribution in [0.3, 0.4) is 0 Å². The van der Waals surface area contributed by atoms with Gasteiger partial charge in [-0.05, 0) is 44.6 Å². The van der Waals surface area contributed by atoms with Crippen LogP contribution in [-0.4, -0.2) is 15.1 Å². The van der Waals surface area contributed by atoms with Crippen molar-refractivity contribution in [2.75, 3.05) is 5.32 Å². The first kappa shape index (κ1) is 14.4. The summed E-state index contributed by atoms with van der Waals surface area (Å²) in [6.07, 6.45) is 0. The molecule has 104 valence electrons. The van der Waals surface area contributed by atoms with Crippen LogP contribution < -0.4 is 10.6 Å². The number of hydrogen-bond donors (Lipinski definition) is 2. The van der Waals surface area contributed by atoms with Crippen molar-refractivity contribution >= 4 is 23.3 Å². The third-order valence-corrected chi connectivity index (χ3v) is 3.03. The molecule has 20 heavy (non-hydrogen) atoms. The lowest BCUT2D eigenvalue weighted by atomic mass is 10.1. The molecule has 0 aliphatic carbocycles. The first-order chi connectivity index (χ1) is 9.52. The summed E-state index contributed by atoms with van der Waals surface area (Å²) in [6, 6.07) is 10.3. The van der Waals surface area contributed by atoms with Gasteiger partial charge in [0.2, 0.25) is 5.95 Å². The van der Waals surface area contributed by atoms with Crippen molar-refractivity contribution in [1.82, 2.24) is 15.3 Å². The molecule has 2 aromatic rings. The number of anilines is 1. The molecule has 0 bridgehead atoms. The van der Waals surface area contributed by atoms with Crippen molar-refractivity contribution in [2.24, 2.45) is 0 Å². The van der Waals surface area contributed by atoms with E-state index in [0.29, 0.717) is 17.6 Å². The minimum Gasteiger partial charge on any atom is -0.358 e. The van der Waals surface area contributed by atoms with Crippen LogP contribution in [0, 0.1) is 20.8 Å². The first-order valence-corrected chi connectivity index (χ1v) is 6.86. The average Bonchev–Trinajstić information content (AvgIpc) is 2.37. The van der Waals surface area contributed by atoms with E-state index >= 15 is 0 Å². The number of nitrogens with zero attached hydrogens (tertiary/aromatic N) is 2. The second kappa shape index (κ2) is 6.43. The molecule has 4 nitrogen and oxygen atoms in total. The number of hydrogen-bond acceptors (Lipinski definition) is 3. The molecular formula is C15H18N4S. The number of aromatic nitrogens is 2. The molecule has 1 aromatic carbocycles. The van der Waals surface area contributed by atoms with Gasteiger partial charge in [-0.15, -0.1) is 0 Å². The second-order valence-electron chi connectivity index (χ2n) is 4.77. The Morgan fingerprint density at radius 1 is 1.05 bits per heavy atom. The monoisotopic (exact) mass is 286 g/mol. The fourth-order valence-corrected chi connectivity index (χ4v) is 1.98. The topological polar surface area (TPSA) is 49.8 Å². The summed E-state index contributed by atoms with van der Waals surface area (Å²) in [6.45, 7) is 6.61. The van der Waals surface area contributed by atoms with E-state index in [1.807, 2.05) is 19.9 Å². The molecule has 2 rings (SSSR count). The van der Waals surface area contributed by atoms with E-state index in [4.69, 9.17) is 12.2 Å². The molecular weight excluding hydrogens is 268 g/mol. The van der Waals surface area contributed by atoms with Crippen molar-refractivity contribution < 1.29 is 0 Å². The molecule has 0 spiro atoms. The molecule has 0 amide bonds. The predicted octanol–water partition coefficient (Wildman–Crippen LogP) is 2.89. The van der Waals surface area contributed by atoms with Crippen LogP contribution in [0.5, 0.6) is 0 Å². The molecule has 0 saturated heterocycles. The molecule has 2 N–H and O–H groups in total. The van der Waals surface area contributed by atoms with E-state index in [1.165, 1.54) is 11.1 Å². The Bertz CT molecular complexity index is 588. The summed E-state index contributed by atoms with van der Waals surface area (Å²) in [5, 5.41) is 6.67. The summed E-state index contributed by atoms with van der Waals surface area (Å²) in [4.78, 5) is 8.58. The lowest BCUT2D eigenvalue weighted by molar-refractivity contribution is 0.921. The van der Waals surface area contributed by atoms with Crippen molar-refractivity contribution in [1.29, 1.82) is 0 Å². The smallest absolute Gasteiger partial charge is 0.229 e. The van der Waals surface area contributed by atoms with Crippen molar-refractivity contribution in [3.8, 4) is 0 Å². The average molecular weight is 286 g/mol. The van der Waals surface area contributed by atoms with E-state index < -0.39 is 0 Å². The van der Waals surface area contributed by atoms with Gasteiger partial charge in [-0.3, -0.25) is 0 Å². The van der Waals surface area contributed by atoms with Crippen LogP contribution in [0.25, 0.3) is 0 Å². The number of thiocarbonyl (C=S) groups is 1. The highest BCUT2D eigenvalue weighted by molar-refractivity contribution is 7.80. The third kappa shape index (κ3) is 4.28. The van der Waals surface area contributed by atoms with Gasteiger partial charge in [0.05, 0.1) is 0 Å².